The number of fused-ring (bicyclic) bond motifs is 1. The Morgan fingerprint density at radius 3 is 2.88 bits per heavy atom. The summed E-state index contributed by atoms with van der Waals surface area (Å²) in [6, 6.07) is 5.04. The molecule has 1 saturated heterocycles. The topological polar surface area (TPSA) is 66.2 Å². The van der Waals surface area contributed by atoms with Crippen LogP contribution in [-0.4, -0.2) is 67.3 Å². The van der Waals surface area contributed by atoms with Crippen LogP contribution in [-0.2, 0) is 0 Å². The Hall–Kier alpha value is -1.76. The van der Waals surface area contributed by atoms with E-state index in [0.717, 1.165) is 0 Å². The lowest BCUT2D eigenvalue weighted by Gasteiger charge is -2.26. The maximum atomic E-state index is 12.7. The first kappa shape index (κ1) is 17.1. The maximum absolute atomic E-state index is 12.7. The highest BCUT2D eigenvalue weighted by Crippen LogP contribution is 2.33. The van der Waals surface area contributed by atoms with Crippen LogP contribution < -0.4 is 4.74 Å². The Bertz CT molecular complexity index is 773. The molecule has 0 aliphatic carbocycles. The first-order chi connectivity index (χ1) is 11.3. The second-order valence-electron chi connectivity index (χ2n) is 6.58. The van der Waals surface area contributed by atoms with E-state index in [1.165, 1.54) is 7.11 Å². The number of methoxy groups -OCH3 is 1. The predicted molar refractivity (Wildman–Crippen MR) is 91.8 cm³/mol. The zero-order valence-electron chi connectivity index (χ0n) is 14.0. The van der Waals surface area contributed by atoms with E-state index < -0.39 is 5.60 Å². The molecule has 1 aliphatic heterocycles. The average Bonchev–Trinajstić information content (AvgIpc) is 3.08. The summed E-state index contributed by atoms with van der Waals surface area (Å²) in [6.07, 6.45) is 0.548. The van der Waals surface area contributed by atoms with Gasteiger partial charge >= 0.3 is 0 Å². The van der Waals surface area contributed by atoms with E-state index in [9.17, 15) is 9.90 Å². The van der Waals surface area contributed by atoms with E-state index in [0.29, 0.717) is 47.8 Å². The molecule has 2 heterocycles. The van der Waals surface area contributed by atoms with E-state index >= 15 is 0 Å². The van der Waals surface area contributed by atoms with Crippen molar-refractivity contribution < 1.29 is 19.1 Å². The molecule has 24 heavy (non-hydrogen) atoms. The fourth-order valence-electron chi connectivity index (χ4n) is 3.25. The number of halogens is 1. The van der Waals surface area contributed by atoms with Gasteiger partial charge in [-0.3, -0.25) is 4.79 Å². The van der Waals surface area contributed by atoms with Gasteiger partial charge < -0.3 is 24.1 Å². The zero-order valence-corrected chi connectivity index (χ0v) is 14.8. The van der Waals surface area contributed by atoms with Gasteiger partial charge in [-0.05, 0) is 32.6 Å². The third kappa shape index (κ3) is 3.22. The van der Waals surface area contributed by atoms with Gasteiger partial charge in [-0.25, -0.2) is 0 Å². The fraction of sp³-hybridized carbons (Fsp3) is 0.471. The number of β-amino-alcohol motifs (C(OH)–C–C–N with tert-alkyl or cyclic N) is 1. The number of likely N-dealkylation sites (tertiary alicyclic amines) is 1. The standard InChI is InChI=1S/C17H21ClN2O4/c1-19(2)9-17(22)4-5-20(10-17)16(21)14-7-11-6-12(18)8-13(23-3)15(11)24-14/h6-8,22H,4-5,9-10H2,1-3H3. The van der Waals surface area contributed by atoms with Gasteiger partial charge in [-0.15, -0.1) is 0 Å². The normalized spacial score (nSPS) is 21.0. The monoisotopic (exact) mass is 352 g/mol. The van der Waals surface area contributed by atoms with E-state index in [4.69, 9.17) is 20.8 Å². The Labute approximate surface area is 145 Å². The number of benzene rings is 1. The molecule has 6 nitrogen and oxygen atoms in total. The number of amides is 1. The molecule has 0 bridgehead atoms. The Morgan fingerprint density at radius 1 is 1.46 bits per heavy atom. The second-order valence-corrected chi connectivity index (χ2v) is 7.01. The Balaban J connectivity index is 1.85. The first-order valence-electron chi connectivity index (χ1n) is 7.75. The summed E-state index contributed by atoms with van der Waals surface area (Å²) in [6.45, 7) is 1.30. The number of carbonyl (C=O) groups excluding carboxylic acids is 1. The molecule has 0 radical (unpaired) electrons. The quantitative estimate of drug-likeness (QED) is 0.914. The second kappa shape index (κ2) is 6.27. The molecule has 7 heteroatoms. The highest BCUT2D eigenvalue weighted by atomic mass is 35.5. The van der Waals surface area contributed by atoms with Crippen LogP contribution in [0.1, 0.15) is 17.0 Å². The molecule has 0 saturated carbocycles. The van der Waals surface area contributed by atoms with Gasteiger partial charge in [0.15, 0.2) is 17.1 Å². The molecule has 3 rings (SSSR count). The number of rotatable bonds is 4. The van der Waals surface area contributed by atoms with Crippen molar-refractivity contribution in [2.45, 2.75) is 12.0 Å². The minimum absolute atomic E-state index is 0.222. The van der Waals surface area contributed by atoms with Crippen molar-refractivity contribution in [1.29, 1.82) is 0 Å². The summed E-state index contributed by atoms with van der Waals surface area (Å²) >= 11 is 6.05. The number of likely N-dealkylation sites (N-methyl/N-ethyl adjacent to an activating group) is 1. The minimum Gasteiger partial charge on any atom is -0.493 e. The fourth-order valence-corrected chi connectivity index (χ4v) is 3.46. The Kier molecular flexibility index (Phi) is 4.46. The summed E-state index contributed by atoms with van der Waals surface area (Å²) in [5, 5.41) is 11.8. The molecule has 1 unspecified atom stereocenters. The zero-order chi connectivity index (χ0) is 17.5. The van der Waals surface area contributed by atoms with Gasteiger partial charge in [0.05, 0.1) is 19.3 Å². The van der Waals surface area contributed by atoms with Crippen LogP contribution in [0.5, 0.6) is 5.75 Å². The number of hydrogen-bond acceptors (Lipinski definition) is 5. The molecule has 1 N–H and O–H groups in total. The summed E-state index contributed by atoms with van der Waals surface area (Å²) < 4.78 is 11.0. The van der Waals surface area contributed by atoms with Gasteiger partial charge in [-0.2, -0.15) is 0 Å². The van der Waals surface area contributed by atoms with Gasteiger partial charge in [0.2, 0.25) is 0 Å². The first-order valence-corrected chi connectivity index (χ1v) is 8.12. The lowest BCUT2D eigenvalue weighted by Crippen LogP contribution is -2.43. The molecule has 1 fully saturated rings. The SMILES string of the molecule is COc1cc(Cl)cc2cc(C(=O)N3CCC(O)(CN(C)C)C3)oc12. The number of furan rings is 1. The van der Waals surface area contributed by atoms with Crippen LogP contribution in [0, 0.1) is 0 Å². The van der Waals surface area contributed by atoms with E-state index in [-0.39, 0.29) is 11.7 Å². The predicted octanol–water partition coefficient (Wildman–Crippen LogP) is 2.23. The van der Waals surface area contributed by atoms with E-state index in [1.807, 2.05) is 19.0 Å². The van der Waals surface area contributed by atoms with Crippen LogP contribution in [0.2, 0.25) is 5.02 Å². The maximum Gasteiger partial charge on any atom is 0.289 e. The van der Waals surface area contributed by atoms with Crippen molar-refractivity contribution in [3.8, 4) is 5.75 Å². The van der Waals surface area contributed by atoms with Gasteiger partial charge in [0.1, 0.15) is 0 Å². The molecule has 1 aromatic heterocycles. The highest BCUT2D eigenvalue weighted by Gasteiger charge is 2.39. The number of aliphatic hydroxyl groups is 1. The van der Waals surface area contributed by atoms with Crippen molar-refractivity contribution in [1.82, 2.24) is 9.80 Å². The van der Waals surface area contributed by atoms with E-state index in [2.05, 4.69) is 0 Å². The smallest absolute Gasteiger partial charge is 0.289 e. The molecular weight excluding hydrogens is 332 g/mol. The summed E-state index contributed by atoms with van der Waals surface area (Å²) in [7, 11) is 5.33. The van der Waals surface area contributed by atoms with Crippen LogP contribution >= 0.6 is 11.6 Å². The molecule has 1 atom stereocenters. The molecule has 0 spiro atoms. The molecule has 130 valence electrons. The van der Waals surface area contributed by atoms with Crippen molar-refractivity contribution in [2.75, 3.05) is 40.8 Å². The average molecular weight is 353 g/mol. The third-order valence-corrected chi connectivity index (χ3v) is 4.43. The molecule has 1 aromatic carbocycles. The Morgan fingerprint density at radius 2 is 2.21 bits per heavy atom. The van der Waals surface area contributed by atoms with Crippen LogP contribution in [0.25, 0.3) is 11.0 Å². The van der Waals surface area contributed by atoms with Gasteiger partial charge in [-0.1, -0.05) is 11.6 Å². The third-order valence-electron chi connectivity index (χ3n) is 4.21. The van der Waals surface area contributed by atoms with Gasteiger partial charge in [0, 0.05) is 29.6 Å². The number of ether oxygens (including phenoxy) is 1. The summed E-state index contributed by atoms with van der Waals surface area (Å²) in [4.78, 5) is 16.2. The van der Waals surface area contributed by atoms with Crippen molar-refractivity contribution in [2.24, 2.45) is 0 Å². The van der Waals surface area contributed by atoms with Crippen LogP contribution in [0.4, 0.5) is 0 Å². The van der Waals surface area contributed by atoms with Crippen molar-refractivity contribution in [3.05, 3.63) is 29.0 Å². The lowest BCUT2D eigenvalue weighted by atomic mass is 10.0. The highest BCUT2D eigenvalue weighted by molar-refractivity contribution is 6.31. The van der Waals surface area contributed by atoms with Crippen LogP contribution in [0.15, 0.2) is 22.6 Å². The number of carbonyl (C=O) groups is 1. The van der Waals surface area contributed by atoms with E-state index in [1.54, 1.807) is 23.1 Å². The molecule has 1 aliphatic rings. The summed E-state index contributed by atoms with van der Waals surface area (Å²) in [5.74, 6) is 0.473. The van der Waals surface area contributed by atoms with Gasteiger partial charge in [0.25, 0.3) is 5.91 Å². The lowest BCUT2D eigenvalue weighted by molar-refractivity contribution is 0.0231. The van der Waals surface area contributed by atoms with Crippen molar-refractivity contribution >= 4 is 28.5 Å². The minimum atomic E-state index is -0.883. The van der Waals surface area contributed by atoms with Crippen molar-refractivity contribution in [3.63, 3.8) is 0 Å². The molecular formula is C17H21ClN2O4. The largest absolute Gasteiger partial charge is 0.493 e. The number of nitrogens with zero attached hydrogens (tertiary/aromatic N) is 2. The summed E-state index contributed by atoms with van der Waals surface area (Å²) in [5.41, 5.74) is -0.389. The van der Waals surface area contributed by atoms with Crippen LogP contribution in [0.3, 0.4) is 0 Å². The molecule has 2 aromatic rings. The molecule has 1 amide bonds. The number of hydrogen-bond donors (Lipinski definition) is 1.